The fourth-order valence-electron chi connectivity index (χ4n) is 0.381. The zero-order valence-electron chi connectivity index (χ0n) is 5.42. The lowest BCUT2D eigenvalue weighted by Crippen LogP contribution is -2.37. The summed E-state index contributed by atoms with van der Waals surface area (Å²) in [5.41, 5.74) is 0. The summed E-state index contributed by atoms with van der Waals surface area (Å²) in [5, 5.41) is 16.5. The molecule has 0 saturated carbocycles. The van der Waals surface area contributed by atoms with E-state index in [0.29, 0.717) is 6.21 Å². The molecule has 0 spiro atoms. The molecule has 56 valence electrons. The van der Waals surface area contributed by atoms with Gasteiger partial charge in [-0.3, -0.25) is 4.79 Å². The third-order valence-electron chi connectivity index (χ3n) is 0.909. The van der Waals surface area contributed by atoms with Crippen LogP contribution in [0.2, 0.25) is 0 Å². The van der Waals surface area contributed by atoms with Gasteiger partial charge in [-0.1, -0.05) is 0 Å². The van der Waals surface area contributed by atoms with Crippen molar-refractivity contribution in [3.05, 3.63) is 0 Å². The average Bonchev–Trinajstić information content (AvgIpc) is 1.85. The highest BCUT2D eigenvalue weighted by atomic mass is 16.4. The number of rotatable bonds is 3. The van der Waals surface area contributed by atoms with E-state index in [4.69, 9.17) is 10.5 Å². The van der Waals surface area contributed by atoms with Gasteiger partial charge in [-0.05, 0) is 6.92 Å². The molecule has 0 aromatic rings. The van der Waals surface area contributed by atoms with E-state index in [0.717, 1.165) is 0 Å². The molecule has 0 unspecified atom stereocenters. The standard InChI is InChI=1S/C5H8N2O3/c1-3(4(8)2-6)7-5(9)10/h2-3,6-7H,1H3,(H,9,10)/t3-/m0/s1. The smallest absolute Gasteiger partial charge is 0.405 e. The largest absolute Gasteiger partial charge is 0.465 e. The first-order valence-corrected chi connectivity index (χ1v) is 2.61. The van der Waals surface area contributed by atoms with Crippen LogP contribution in [0, 0.1) is 5.41 Å². The summed E-state index contributed by atoms with van der Waals surface area (Å²) in [5.74, 6) is -0.553. The molecule has 0 aliphatic heterocycles. The van der Waals surface area contributed by atoms with Crippen molar-refractivity contribution in [2.24, 2.45) is 0 Å². The lowest BCUT2D eigenvalue weighted by Gasteiger charge is -2.04. The van der Waals surface area contributed by atoms with Gasteiger partial charge >= 0.3 is 6.09 Å². The highest BCUT2D eigenvalue weighted by Crippen LogP contribution is 1.80. The first-order chi connectivity index (χ1) is 4.57. The molecule has 0 heterocycles. The Morgan fingerprint density at radius 1 is 1.70 bits per heavy atom. The van der Waals surface area contributed by atoms with Crippen molar-refractivity contribution in [3.8, 4) is 0 Å². The van der Waals surface area contributed by atoms with Crippen molar-refractivity contribution in [3.63, 3.8) is 0 Å². The maximum absolute atomic E-state index is 10.5. The Kier molecular flexibility index (Phi) is 3.10. The summed E-state index contributed by atoms with van der Waals surface area (Å²) < 4.78 is 0. The molecule has 0 fully saturated rings. The monoisotopic (exact) mass is 144 g/mol. The molecular weight excluding hydrogens is 136 g/mol. The number of hydrogen-bond acceptors (Lipinski definition) is 3. The minimum atomic E-state index is -1.26. The Morgan fingerprint density at radius 2 is 2.20 bits per heavy atom. The van der Waals surface area contributed by atoms with E-state index in [1.807, 2.05) is 5.32 Å². The molecule has 0 radical (unpaired) electrons. The number of ketones is 1. The number of carbonyl (C=O) groups excluding carboxylic acids is 1. The highest BCUT2D eigenvalue weighted by molar-refractivity contribution is 6.28. The van der Waals surface area contributed by atoms with Crippen LogP contribution in [-0.2, 0) is 4.79 Å². The Hall–Kier alpha value is -1.39. The lowest BCUT2D eigenvalue weighted by molar-refractivity contribution is -0.114. The molecule has 5 heteroatoms. The Bertz CT molecular complexity index is 166. The van der Waals surface area contributed by atoms with E-state index in [1.165, 1.54) is 6.92 Å². The fourth-order valence-corrected chi connectivity index (χ4v) is 0.381. The van der Waals surface area contributed by atoms with Crippen LogP contribution < -0.4 is 5.32 Å². The zero-order valence-corrected chi connectivity index (χ0v) is 5.42. The van der Waals surface area contributed by atoms with Gasteiger partial charge in [0.05, 0.1) is 12.3 Å². The van der Waals surface area contributed by atoms with E-state index in [1.54, 1.807) is 0 Å². The Morgan fingerprint density at radius 3 is 2.50 bits per heavy atom. The van der Waals surface area contributed by atoms with E-state index in [2.05, 4.69) is 0 Å². The molecule has 0 aliphatic carbocycles. The van der Waals surface area contributed by atoms with E-state index >= 15 is 0 Å². The number of Topliss-reactive ketones (excluding diaryl/α,β-unsaturated/α-hetero) is 1. The second-order valence-corrected chi connectivity index (χ2v) is 1.72. The van der Waals surface area contributed by atoms with Crippen molar-refractivity contribution < 1.29 is 14.7 Å². The first-order valence-electron chi connectivity index (χ1n) is 2.61. The summed E-state index contributed by atoms with van der Waals surface area (Å²) >= 11 is 0. The quantitative estimate of drug-likeness (QED) is 0.481. The van der Waals surface area contributed by atoms with Crippen molar-refractivity contribution in [1.29, 1.82) is 5.41 Å². The van der Waals surface area contributed by atoms with Crippen molar-refractivity contribution in [2.75, 3.05) is 0 Å². The minimum absolute atomic E-state index is 0.553. The van der Waals surface area contributed by atoms with E-state index in [9.17, 15) is 9.59 Å². The molecule has 0 aliphatic rings. The Labute approximate surface area is 57.6 Å². The van der Waals surface area contributed by atoms with Crippen LogP contribution in [0.15, 0.2) is 0 Å². The predicted octanol–water partition coefficient (Wildman–Crippen LogP) is -0.139. The van der Waals surface area contributed by atoms with Gasteiger partial charge in [0.15, 0.2) is 5.78 Å². The molecule has 0 bridgehead atoms. The van der Waals surface area contributed by atoms with Crippen LogP contribution in [0.4, 0.5) is 4.79 Å². The minimum Gasteiger partial charge on any atom is -0.465 e. The normalized spacial score (nSPS) is 11.7. The molecule has 0 saturated heterocycles. The molecule has 5 nitrogen and oxygen atoms in total. The SMILES string of the molecule is C[C@H](NC(=O)O)C(=O)C=N. The second kappa shape index (κ2) is 3.60. The van der Waals surface area contributed by atoms with Crippen molar-refractivity contribution in [2.45, 2.75) is 13.0 Å². The summed E-state index contributed by atoms with van der Waals surface area (Å²) in [6.07, 6.45) is -0.677. The summed E-state index contributed by atoms with van der Waals surface area (Å²) in [6.45, 7) is 1.38. The van der Waals surface area contributed by atoms with Gasteiger partial charge in [0.1, 0.15) is 0 Å². The number of carboxylic acid groups (broad SMARTS) is 1. The zero-order chi connectivity index (χ0) is 8.15. The Balaban J connectivity index is 3.84. The molecule has 10 heavy (non-hydrogen) atoms. The maximum atomic E-state index is 10.5. The average molecular weight is 144 g/mol. The van der Waals surface area contributed by atoms with Gasteiger partial charge in [-0.2, -0.15) is 0 Å². The number of hydrogen-bond donors (Lipinski definition) is 3. The summed E-state index contributed by atoms with van der Waals surface area (Å²) in [4.78, 5) is 20.4. The van der Waals surface area contributed by atoms with Gasteiger partial charge in [-0.15, -0.1) is 0 Å². The number of nitrogens with one attached hydrogen (secondary N) is 2. The molecule has 1 amide bonds. The molecular formula is C5H8N2O3. The predicted molar refractivity (Wildman–Crippen MR) is 34.4 cm³/mol. The highest BCUT2D eigenvalue weighted by Gasteiger charge is 2.10. The van der Waals surface area contributed by atoms with E-state index < -0.39 is 17.9 Å². The maximum Gasteiger partial charge on any atom is 0.405 e. The van der Waals surface area contributed by atoms with Crippen LogP contribution in [0.1, 0.15) is 6.92 Å². The van der Waals surface area contributed by atoms with Crippen LogP contribution in [-0.4, -0.2) is 29.2 Å². The fraction of sp³-hybridized carbons (Fsp3) is 0.400. The van der Waals surface area contributed by atoms with E-state index in [-0.39, 0.29) is 0 Å². The van der Waals surface area contributed by atoms with Gasteiger partial charge in [0, 0.05) is 0 Å². The lowest BCUT2D eigenvalue weighted by atomic mass is 10.2. The van der Waals surface area contributed by atoms with Gasteiger partial charge in [0.25, 0.3) is 0 Å². The molecule has 0 aromatic carbocycles. The number of amides is 1. The second-order valence-electron chi connectivity index (χ2n) is 1.72. The molecule has 3 N–H and O–H groups in total. The molecule has 1 atom stereocenters. The van der Waals surface area contributed by atoms with Gasteiger partial charge < -0.3 is 15.8 Å². The third-order valence-corrected chi connectivity index (χ3v) is 0.909. The topological polar surface area (TPSA) is 90.2 Å². The third kappa shape index (κ3) is 2.81. The summed E-state index contributed by atoms with van der Waals surface area (Å²) in [6, 6.07) is -0.824. The summed E-state index contributed by atoms with van der Waals surface area (Å²) in [7, 11) is 0. The number of carbonyl (C=O) groups is 2. The van der Waals surface area contributed by atoms with Crippen LogP contribution >= 0.6 is 0 Å². The van der Waals surface area contributed by atoms with Crippen molar-refractivity contribution >= 4 is 18.1 Å². The van der Waals surface area contributed by atoms with Crippen LogP contribution in [0.5, 0.6) is 0 Å². The van der Waals surface area contributed by atoms with Gasteiger partial charge in [0.2, 0.25) is 0 Å². The van der Waals surface area contributed by atoms with Crippen molar-refractivity contribution in [1.82, 2.24) is 5.32 Å². The van der Waals surface area contributed by atoms with Crippen LogP contribution in [0.25, 0.3) is 0 Å². The molecule has 0 aromatic heterocycles. The molecule has 0 rings (SSSR count). The first kappa shape index (κ1) is 8.61. The van der Waals surface area contributed by atoms with Gasteiger partial charge in [-0.25, -0.2) is 4.79 Å². The van der Waals surface area contributed by atoms with Crippen LogP contribution in [0.3, 0.4) is 0 Å².